The molecule has 0 spiro atoms. The molecular weight excluding hydrogens is 188 g/mol. The molecule has 1 aliphatic rings. The third-order valence-electron chi connectivity index (χ3n) is 3.12. The highest BCUT2D eigenvalue weighted by molar-refractivity contribution is 5.87. The summed E-state index contributed by atoms with van der Waals surface area (Å²) < 4.78 is 0. The molecule has 1 atom stereocenters. The number of hydrogen-bond donors (Lipinski definition) is 0. The predicted molar refractivity (Wildman–Crippen MR) is 64.1 cm³/mol. The van der Waals surface area contributed by atoms with Crippen molar-refractivity contribution >= 4 is 5.71 Å². The minimum Gasteiger partial charge on any atom is -0.399 e. The minimum absolute atomic E-state index is 0.452. The first-order chi connectivity index (χ1) is 6.94. The molecule has 1 rings (SSSR count). The quantitative estimate of drug-likeness (QED) is 0.671. The van der Waals surface area contributed by atoms with Gasteiger partial charge in [0.15, 0.2) is 0 Å². The monoisotopic (exact) mass is 212 g/mol. The average molecular weight is 212 g/mol. The molecule has 1 saturated carbocycles. The van der Waals surface area contributed by atoms with Crippen LogP contribution in [0, 0.1) is 11.3 Å². The number of rotatable bonds is 3. The first-order valence-corrected chi connectivity index (χ1v) is 5.69. The van der Waals surface area contributed by atoms with Crippen molar-refractivity contribution in [2.75, 3.05) is 27.7 Å². The summed E-state index contributed by atoms with van der Waals surface area (Å²) in [4.78, 5) is 7.16. The van der Waals surface area contributed by atoms with E-state index >= 15 is 0 Å². The van der Waals surface area contributed by atoms with Gasteiger partial charge >= 0.3 is 0 Å². The molecule has 1 unspecified atom stereocenters. The summed E-state index contributed by atoms with van der Waals surface area (Å²) in [6.45, 7) is 5.77. The van der Waals surface area contributed by atoms with Gasteiger partial charge in [0.25, 0.3) is 0 Å². The van der Waals surface area contributed by atoms with Crippen LogP contribution in [0.15, 0.2) is 5.16 Å². The summed E-state index contributed by atoms with van der Waals surface area (Å²) in [6.07, 6.45) is 3.52. The topological polar surface area (TPSA) is 24.8 Å². The fourth-order valence-electron chi connectivity index (χ4n) is 2.41. The lowest BCUT2D eigenvalue weighted by molar-refractivity contribution is 0.189. The van der Waals surface area contributed by atoms with E-state index in [1.807, 2.05) is 0 Å². The van der Waals surface area contributed by atoms with E-state index in [0.29, 0.717) is 11.3 Å². The Kier molecular flexibility index (Phi) is 4.14. The molecule has 3 nitrogen and oxygen atoms in total. The van der Waals surface area contributed by atoms with Crippen molar-refractivity contribution in [1.82, 2.24) is 4.90 Å². The second-order valence-corrected chi connectivity index (χ2v) is 5.59. The molecule has 3 heteroatoms. The van der Waals surface area contributed by atoms with Crippen LogP contribution in [-0.4, -0.2) is 38.4 Å². The van der Waals surface area contributed by atoms with Crippen LogP contribution in [-0.2, 0) is 4.84 Å². The molecule has 0 N–H and O–H groups in total. The van der Waals surface area contributed by atoms with Crippen molar-refractivity contribution in [3.63, 3.8) is 0 Å². The Balaban J connectivity index is 2.69. The SMILES string of the molecule is CO/N=C1/CCC(C)(C)CC1CN(C)C. The van der Waals surface area contributed by atoms with Crippen LogP contribution in [0.25, 0.3) is 0 Å². The summed E-state index contributed by atoms with van der Waals surface area (Å²) >= 11 is 0. The van der Waals surface area contributed by atoms with Gasteiger partial charge in [0.2, 0.25) is 0 Å². The molecule has 0 aromatic carbocycles. The van der Waals surface area contributed by atoms with Crippen LogP contribution in [0.4, 0.5) is 0 Å². The van der Waals surface area contributed by atoms with E-state index in [-0.39, 0.29) is 0 Å². The molecular formula is C12H24N2O. The fraction of sp³-hybridized carbons (Fsp3) is 0.917. The zero-order valence-corrected chi connectivity index (χ0v) is 10.7. The van der Waals surface area contributed by atoms with Gasteiger partial charge in [-0.25, -0.2) is 0 Å². The van der Waals surface area contributed by atoms with E-state index in [4.69, 9.17) is 4.84 Å². The van der Waals surface area contributed by atoms with E-state index in [9.17, 15) is 0 Å². The highest BCUT2D eigenvalue weighted by Gasteiger charge is 2.32. The zero-order chi connectivity index (χ0) is 11.5. The summed E-state index contributed by atoms with van der Waals surface area (Å²) in [5.74, 6) is 0.559. The highest BCUT2D eigenvalue weighted by atomic mass is 16.6. The third-order valence-corrected chi connectivity index (χ3v) is 3.12. The molecule has 15 heavy (non-hydrogen) atoms. The van der Waals surface area contributed by atoms with Crippen molar-refractivity contribution in [1.29, 1.82) is 0 Å². The molecule has 0 heterocycles. The van der Waals surface area contributed by atoms with Gasteiger partial charge in [-0.1, -0.05) is 19.0 Å². The smallest absolute Gasteiger partial charge is 0.106 e. The Morgan fingerprint density at radius 3 is 2.67 bits per heavy atom. The lowest BCUT2D eigenvalue weighted by Gasteiger charge is -2.36. The van der Waals surface area contributed by atoms with E-state index < -0.39 is 0 Å². The average Bonchev–Trinajstić information content (AvgIpc) is 2.08. The maximum atomic E-state index is 4.93. The van der Waals surface area contributed by atoms with Crippen LogP contribution >= 0.6 is 0 Å². The van der Waals surface area contributed by atoms with Crippen molar-refractivity contribution in [2.24, 2.45) is 16.5 Å². The normalized spacial score (nSPS) is 28.4. The Morgan fingerprint density at radius 1 is 1.47 bits per heavy atom. The maximum Gasteiger partial charge on any atom is 0.106 e. The van der Waals surface area contributed by atoms with Crippen molar-refractivity contribution in [2.45, 2.75) is 33.1 Å². The molecule has 1 fully saturated rings. The standard InChI is InChI=1S/C12H24N2O/c1-12(2)7-6-11(13-15-5)10(8-12)9-14(3)4/h10H,6-9H2,1-5H3/b13-11-. The number of oxime groups is 1. The van der Waals surface area contributed by atoms with Crippen LogP contribution in [0.5, 0.6) is 0 Å². The first-order valence-electron chi connectivity index (χ1n) is 5.69. The van der Waals surface area contributed by atoms with Gasteiger partial charge in [-0.05, 0) is 38.8 Å². The summed E-state index contributed by atoms with van der Waals surface area (Å²) in [5, 5.41) is 4.17. The number of nitrogens with zero attached hydrogens (tertiary/aromatic N) is 2. The molecule has 0 saturated heterocycles. The van der Waals surface area contributed by atoms with E-state index in [0.717, 1.165) is 13.0 Å². The Morgan fingerprint density at radius 2 is 2.13 bits per heavy atom. The van der Waals surface area contributed by atoms with Gasteiger partial charge < -0.3 is 9.74 Å². The largest absolute Gasteiger partial charge is 0.399 e. The van der Waals surface area contributed by atoms with Gasteiger partial charge in [-0.15, -0.1) is 0 Å². The van der Waals surface area contributed by atoms with Crippen molar-refractivity contribution in [3.05, 3.63) is 0 Å². The minimum atomic E-state index is 0.452. The Bertz CT molecular complexity index is 234. The molecule has 0 aromatic rings. The molecule has 0 radical (unpaired) electrons. The Hall–Kier alpha value is -0.570. The second kappa shape index (κ2) is 4.97. The predicted octanol–water partition coefficient (Wildman–Crippen LogP) is 2.38. The number of hydrogen-bond acceptors (Lipinski definition) is 3. The van der Waals surface area contributed by atoms with Gasteiger partial charge in [0.1, 0.15) is 7.11 Å². The van der Waals surface area contributed by atoms with Crippen molar-refractivity contribution < 1.29 is 4.84 Å². The summed E-state index contributed by atoms with van der Waals surface area (Å²) in [6, 6.07) is 0. The molecule has 88 valence electrons. The molecule has 0 amide bonds. The van der Waals surface area contributed by atoms with Crippen LogP contribution in [0.3, 0.4) is 0 Å². The van der Waals surface area contributed by atoms with E-state index in [2.05, 4.69) is 38.0 Å². The van der Waals surface area contributed by atoms with Crippen LogP contribution < -0.4 is 0 Å². The van der Waals surface area contributed by atoms with Gasteiger partial charge in [0.05, 0.1) is 5.71 Å². The third kappa shape index (κ3) is 3.82. The summed E-state index contributed by atoms with van der Waals surface area (Å²) in [5.41, 5.74) is 1.69. The van der Waals surface area contributed by atoms with E-state index in [1.54, 1.807) is 7.11 Å². The maximum absolute atomic E-state index is 4.93. The molecule has 0 aromatic heterocycles. The van der Waals surface area contributed by atoms with Gasteiger partial charge in [-0.2, -0.15) is 0 Å². The lowest BCUT2D eigenvalue weighted by atomic mass is 9.71. The molecule has 0 aliphatic heterocycles. The van der Waals surface area contributed by atoms with Crippen LogP contribution in [0.1, 0.15) is 33.1 Å². The second-order valence-electron chi connectivity index (χ2n) is 5.59. The Labute approximate surface area is 93.5 Å². The lowest BCUT2D eigenvalue weighted by Crippen LogP contribution is -2.36. The highest BCUT2D eigenvalue weighted by Crippen LogP contribution is 2.37. The first kappa shape index (κ1) is 12.5. The van der Waals surface area contributed by atoms with Crippen LogP contribution in [0.2, 0.25) is 0 Å². The van der Waals surface area contributed by atoms with Gasteiger partial charge in [-0.3, -0.25) is 0 Å². The van der Waals surface area contributed by atoms with Gasteiger partial charge in [0, 0.05) is 12.5 Å². The molecule has 0 bridgehead atoms. The zero-order valence-electron chi connectivity index (χ0n) is 10.7. The van der Waals surface area contributed by atoms with E-state index in [1.165, 1.54) is 18.6 Å². The summed E-state index contributed by atoms with van der Waals surface area (Å²) in [7, 11) is 5.87. The fourth-order valence-corrected chi connectivity index (χ4v) is 2.41. The van der Waals surface area contributed by atoms with Crippen molar-refractivity contribution in [3.8, 4) is 0 Å². The molecule has 1 aliphatic carbocycles.